The SMILES string of the molecule is Cc1ccn(-c2cccnc2)c(=O)c1C(=O)NCC(c1ccccn1)N1CCOCC1. The van der Waals surface area contributed by atoms with Crippen molar-refractivity contribution in [1.82, 2.24) is 24.8 Å². The van der Waals surface area contributed by atoms with Crippen LogP contribution in [0.25, 0.3) is 5.69 Å². The number of amides is 1. The van der Waals surface area contributed by atoms with Crippen LogP contribution in [0, 0.1) is 6.92 Å². The number of nitrogens with one attached hydrogen (secondary N) is 1. The highest BCUT2D eigenvalue weighted by Crippen LogP contribution is 2.19. The first-order valence-electron chi connectivity index (χ1n) is 10.3. The molecule has 3 aromatic rings. The van der Waals surface area contributed by atoms with Gasteiger partial charge in [-0.05, 0) is 42.8 Å². The van der Waals surface area contributed by atoms with Gasteiger partial charge in [0.25, 0.3) is 11.5 Å². The van der Waals surface area contributed by atoms with Crippen molar-refractivity contribution in [2.75, 3.05) is 32.8 Å². The van der Waals surface area contributed by atoms with E-state index in [-0.39, 0.29) is 17.2 Å². The molecule has 0 radical (unpaired) electrons. The number of rotatable bonds is 6. The fourth-order valence-corrected chi connectivity index (χ4v) is 3.76. The quantitative estimate of drug-likeness (QED) is 0.655. The topological polar surface area (TPSA) is 89.3 Å². The summed E-state index contributed by atoms with van der Waals surface area (Å²) >= 11 is 0. The van der Waals surface area contributed by atoms with E-state index in [1.54, 1.807) is 49.9 Å². The summed E-state index contributed by atoms with van der Waals surface area (Å²) in [5, 5.41) is 2.96. The molecule has 1 aliphatic heterocycles. The van der Waals surface area contributed by atoms with Gasteiger partial charge >= 0.3 is 0 Å². The second kappa shape index (κ2) is 9.63. The fourth-order valence-electron chi connectivity index (χ4n) is 3.76. The number of carbonyl (C=O) groups is 1. The second-order valence-electron chi connectivity index (χ2n) is 7.39. The average molecular weight is 419 g/mol. The molecule has 0 bridgehead atoms. The third-order valence-corrected chi connectivity index (χ3v) is 5.42. The van der Waals surface area contributed by atoms with Gasteiger partial charge in [-0.15, -0.1) is 0 Å². The van der Waals surface area contributed by atoms with E-state index in [0.29, 0.717) is 31.0 Å². The molecule has 31 heavy (non-hydrogen) atoms. The highest BCUT2D eigenvalue weighted by atomic mass is 16.5. The van der Waals surface area contributed by atoms with Crippen molar-refractivity contribution >= 4 is 5.91 Å². The summed E-state index contributed by atoms with van der Waals surface area (Å²) in [6, 6.07) is 11.0. The number of aromatic nitrogens is 3. The van der Waals surface area contributed by atoms with Crippen molar-refractivity contribution in [1.29, 1.82) is 0 Å². The normalized spacial score (nSPS) is 15.4. The van der Waals surface area contributed by atoms with Crippen LogP contribution in [0.5, 0.6) is 0 Å². The number of hydrogen-bond donors (Lipinski definition) is 1. The number of pyridine rings is 3. The summed E-state index contributed by atoms with van der Waals surface area (Å²) in [6.07, 6.45) is 6.64. The lowest BCUT2D eigenvalue weighted by molar-refractivity contribution is 0.0154. The smallest absolute Gasteiger partial charge is 0.268 e. The van der Waals surface area contributed by atoms with Crippen LogP contribution in [0.4, 0.5) is 0 Å². The average Bonchev–Trinajstić information content (AvgIpc) is 2.81. The largest absolute Gasteiger partial charge is 0.379 e. The van der Waals surface area contributed by atoms with Gasteiger partial charge in [-0.3, -0.25) is 29.0 Å². The number of hydrogen-bond acceptors (Lipinski definition) is 6. The Morgan fingerprint density at radius 2 is 2.00 bits per heavy atom. The van der Waals surface area contributed by atoms with E-state index in [1.165, 1.54) is 4.57 Å². The van der Waals surface area contributed by atoms with E-state index in [1.807, 2.05) is 18.2 Å². The lowest BCUT2D eigenvalue weighted by atomic mass is 10.1. The maximum absolute atomic E-state index is 13.1. The van der Waals surface area contributed by atoms with E-state index in [4.69, 9.17) is 4.74 Å². The molecular weight excluding hydrogens is 394 g/mol. The molecule has 1 atom stereocenters. The van der Waals surface area contributed by atoms with Crippen LogP contribution in [0.3, 0.4) is 0 Å². The molecule has 0 aromatic carbocycles. The third kappa shape index (κ3) is 4.70. The van der Waals surface area contributed by atoms with Crippen molar-refractivity contribution in [2.24, 2.45) is 0 Å². The van der Waals surface area contributed by atoms with Crippen LogP contribution >= 0.6 is 0 Å². The number of carbonyl (C=O) groups excluding carboxylic acids is 1. The minimum atomic E-state index is -0.394. The van der Waals surface area contributed by atoms with Gasteiger partial charge in [0.2, 0.25) is 0 Å². The Balaban J connectivity index is 1.57. The Bertz CT molecular complexity index is 1080. The number of aryl methyl sites for hydroxylation is 1. The van der Waals surface area contributed by atoms with Crippen molar-refractivity contribution in [3.8, 4) is 5.69 Å². The lowest BCUT2D eigenvalue weighted by Crippen LogP contribution is -2.45. The van der Waals surface area contributed by atoms with Crippen LogP contribution in [0.2, 0.25) is 0 Å². The van der Waals surface area contributed by atoms with Crippen LogP contribution in [-0.2, 0) is 4.74 Å². The van der Waals surface area contributed by atoms with Gasteiger partial charge in [0, 0.05) is 38.2 Å². The molecule has 1 amide bonds. The maximum Gasteiger partial charge on any atom is 0.268 e. The zero-order chi connectivity index (χ0) is 21.6. The third-order valence-electron chi connectivity index (χ3n) is 5.42. The van der Waals surface area contributed by atoms with Gasteiger partial charge in [0.05, 0.1) is 36.8 Å². The molecule has 1 saturated heterocycles. The standard InChI is InChI=1S/C23H25N5O3/c1-17-7-10-28(18-5-4-8-24-15-18)23(30)21(17)22(29)26-16-20(19-6-2-3-9-25-19)27-11-13-31-14-12-27/h2-10,15,20H,11-14,16H2,1H3,(H,26,29). The first-order valence-corrected chi connectivity index (χ1v) is 10.3. The van der Waals surface area contributed by atoms with Crippen LogP contribution < -0.4 is 10.9 Å². The van der Waals surface area contributed by atoms with Crippen LogP contribution in [-0.4, -0.2) is 58.2 Å². The summed E-state index contributed by atoms with van der Waals surface area (Å²) in [6.45, 7) is 4.92. The summed E-state index contributed by atoms with van der Waals surface area (Å²) in [7, 11) is 0. The molecule has 4 rings (SSSR count). The van der Waals surface area contributed by atoms with Crippen LogP contribution in [0.1, 0.15) is 27.7 Å². The summed E-state index contributed by atoms with van der Waals surface area (Å²) in [5.74, 6) is -0.394. The second-order valence-corrected chi connectivity index (χ2v) is 7.39. The fraction of sp³-hybridized carbons (Fsp3) is 0.304. The van der Waals surface area contributed by atoms with Crippen molar-refractivity contribution < 1.29 is 9.53 Å². The molecule has 0 saturated carbocycles. The van der Waals surface area contributed by atoms with Gasteiger partial charge in [-0.2, -0.15) is 0 Å². The van der Waals surface area contributed by atoms with Gasteiger partial charge in [0.1, 0.15) is 5.56 Å². The molecule has 0 aliphatic carbocycles. The van der Waals surface area contributed by atoms with E-state index < -0.39 is 5.91 Å². The molecule has 1 fully saturated rings. The Kier molecular flexibility index (Phi) is 6.49. The predicted molar refractivity (Wildman–Crippen MR) is 116 cm³/mol. The number of morpholine rings is 1. The van der Waals surface area contributed by atoms with Gasteiger partial charge in [-0.25, -0.2) is 0 Å². The molecule has 1 N–H and O–H groups in total. The first kappa shape index (κ1) is 20.9. The monoisotopic (exact) mass is 419 g/mol. The van der Waals surface area contributed by atoms with Crippen LogP contribution in [0.15, 0.2) is 66.0 Å². The molecule has 4 heterocycles. The van der Waals surface area contributed by atoms with Gasteiger partial charge in [-0.1, -0.05) is 6.07 Å². The van der Waals surface area contributed by atoms with Crippen molar-refractivity contribution in [2.45, 2.75) is 13.0 Å². The van der Waals surface area contributed by atoms with E-state index in [2.05, 4.69) is 20.2 Å². The van der Waals surface area contributed by atoms with Gasteiger partial charge in [0.15, 0.2) is 0 Å². The zero-order valence-electron chi connectivity index (χ0n) is 17.4. The van der Waals surface area contributed by atoms with E-state index >= 15 is 0 Å². The molecule has 160 valence electrons. The number of nitrogens with zero attached hydrogens (tertiary/aromatic N) is 4. The molecule has 1 unspecified atom stereocenters. The highest BCUT2D eigenvalue weighted by Gasteiger charge is 2.25. The predicted octanol–water partition coefficient (Wildman–Crippen LogP) is 1.74. The van der Waals surface area contributed by atoms with Crippen molar-refractivity contribution in [3.05, 3.63) is 88.4 Å². The molecule has 8 heteroatoms. The Morgan fingerprint density at radius 3 is 2.71 bits per heavy atom. The molecule has 3 aromatic heterocycles. The molecule has 0 spiro atoms. The Morgan fingerprint density at radius 1 is 1.16 bits per heavy atom. The maximum atomic E-state index is 13.1. The molecular formula is C23H25N5O3. The van der Waals surface area contributed by atoms with E-state index in [0.717, 1.165) is 18.8 Å². The Labute approximate surface area is 180 Å². The minimum absolute atomic E-state index is 0.0985. The van der Waals surface area contributed by atoms with E-state index in [9.17, 15) is 9.59 Å². The Hall–Kier alpha value is -3.36. The molecule has 8 nitrogen and oxygen atoms in total. The summed E-state index contributed by atoms with van der Waals surface area (Å²) < 4.78 is 6.91. The minimum Gasteiger partial charge on any atom is -0.379 e. The highest BCUT2D eigenvalue weighted by molar-refractivity contribution is 5.95. The van der Waals surface area contributed by atoms with Crippen molar-refractivity contribution in [3.63, 3.8) is 0 Å². The summed E-state index contributed by atoms with van der Waals surface area (Å²) in [5.41, 5.74) is 1.88. The first-order chi connectivity index (χ1) is 15.1. The number of ether oxygens (including phenoxy) is 1. The lowest BCUT2D eigenvalue weighted by Gasteiger charge is -2.34. The molecule has 1 aliphatic rings. The summed E-state index contributed by atoms with van der Waals surface area (Å²) in [4.78, 5) is 37.0. The van der Waals surface area contributed by atoms with Gasteiger partial charge < -0.3 is 10.1 Å². The zero-order valence-corrected chi connectivity index (χ0v) is 17.4.